The fourth-order valence-corrected chi connectivity index (χ4v) is 4.45. The Morgan fingerprint density at radius 3 is 1.42 bits per heavy atom. The van der Waals surface area contributed by atoms with E-state index in [-0.39, 0.29) is 0 Å². The first kappa shape index (κ1) is 26.1. The molecule has 0 saturated heterocycles. The molecule has 0 aliphatic heterocycles. The predicted molar refractivity (Wildman–Crippen MR) is 157 cm³/mol. The maximum Gasteiger partial charge on any atom is 0.138 e. The number of H-pyrrole nitrogens is 2. The van der Waals surface area contributed by atoms with Crippen molar-refractivity contribution < 1.29 is 0 Å². The highest BCUT2D eigenvalue weighted by Crippen LogP contribution is 2.26. The van der Waals surface area contributed by atoms with Crippen LogP contribution in [-0.2, 0) is 13.1 Å². The van der Waals surface area contributed by atoms with Crippen molar-refractivity contribution in [1.29, 1.82) is 0 Å². The van der Waals surface area contributed by atoms with Gasteiger partial charge in [0.25, 0.3) is 0 Å². The monoisotopic (exact) mass is 510 g/mol. The molecule has 8 nitrogen and oxygen atoms in total. The van der Waals surface area contributed by atoms with Gasteiger partial charge in [-0.3, -0.25) is 0 Å². The quantitative estimate of drug-likeness (QED) is 0.189. The van der Waals surface area contributed by atoms with Crippen molar-refractivity contribution in [2.24, 2.45) is 0 Å². The Bertz CT molecular complexity index is 1370. The lowest BCUT2D eigenvalue weighted by atomic mass is 10.1. The molecule has 38 heavy (non-hydrogen) atoms. The van der Waals surface area contributed by atoms with E-state index in [0.717, 1.165) is 84.1 Å². The average Bonchev–Trinajstić information content (AvgIpc) is 3.53. The molecule has 0 aliphatic rings. The number of nitrogens with zero attached hydrogens (tertiary/aromatic N) is 4. The van der Waals surface area contributed by atoms with E-state index in [2.05, 4.69) is 119 Å². The molecule has 4 N–H and O–H groups in total. The SMILES string of the molecule is CN(C)CCNCc1ccc2[nH]c(-c3ccc(-c4nc5cc(CNCCN(C)C)ccc5[nH]4)cc3)nc2c1. The number of hydrogen-bond donors (Lipinski definition) is 4. The van der Waals surface area contributed by atoms with E-state index in [9.17, 15) is 0 Å². The van der Waals surface area contributed by atoms with Crippen molar-refractivity contribution in [1.82, 2.24) is 40.4 Å². The minimum Gasteiger partial charge on any atom is -0.338 e. The number of imidazole rings is 2. The molecule has 2 aromatic heterocycles. The van der Waals surface area contributed by atoms with Gasteiger partial charge in [0.2, 0.25) is 0 Å². The maximum absolute atomic E-state index is 4.86. The first-order valence-corrected chi connectivity index (χ1v) is 13.2. The first-order chi connectivity index (χ1) is 18.4. The molecule has 198 valence electrons. The predicted octanol–water partition coefficient (Wildman–Crippen LogP) is 4.08. The summed E-state index contributed by atoms with van der Waals surface area (Å²) < 4.78 is 0. The van der Waals surface area contributed by atoms with Crippen molar-refractivity contribution in [3.63, 3.8) is 0 Å². The number of rotatable bonds is 12. The zero-order chi connectivity index (χ0) is 26.5. The van der Waals surface area contributed by atoms with Crippen LogP contribution >= 0.6 is 0 Å². The van der Waals surface area contributed by atoms with Crippen LogP contribution in [0.25, 0.3) is 44.8 Å². The molecule has 0 aliphatic carbocycles. The third-order valence-electron chi connectivity index (χ3n) is 6.66. The summed E-state index contributed by atoms with van der Waals surface area (Å²) in [6, 6.07) is 21.3. The second-order valence-electron chi connectivity index (χ2n) is 10.4. The van der Waals surface area contributed by atoms with Crippen molar-refractivity contribution in [3.8, 4) is 22.8 Å². The normalized spacial score (nSPS) is 11.9. The lowest BCUT2D eigenvalue weighted by Gasteiger charge is -2.10. The fourth-order valence-electron chi connectivity index (χ4n) is 4.45. The van der Waals surface area contributed by atoms with E-state index in [1.165, 1.54) is 11.1 Å². The molecule has 5 rings (SSSR count). The molecule has 0 fully saturated rings. The summed E-state index contributed by atoms with van der Waals surface area (Å²) in [6.07, 6.45) is 0. The summed E-state index contributed by atoms with van der Waals surface area (Å²) in [6.45, 7) is 5.65. The number of likely N-dealkylation sites (N-methyl/N-ethyl adjacent to an activating group) is 2. The molecular formula is C30H38N8. The zero-order valence-electron chi connectivity index (χ0n) is 22.8. The number of aromatic nitrogens is 4. The lowest BCUT2D eigenvalue weighted by molar-refractivity contribution is 0.400. The molecule has 3 aromatic carbocycles. The van der Waals surface area contributed by atoms with Gasteiger partial charge >= 0.3 is 0 Å². The largest absolute Gasteiger partial charge is 0.338 e. The van der Waals surface area contributed by atoms with E-state index in [1.807, 2.05) is 0 Å². The summed E-state index contributed by atoms with van der Waals surface area (Å²) in [5.41, 5.74) is 8.65. The van der Waals surface area contributed by atoms with Gasteiger partial charge in [0.1, 0.15) is 11.6 Å². The van der Waals surface area contributed by atoms with Crippen LogP contribution in [0.4, 0.5) is 0 Å². The van der Waals surface area contributed by atoms with E-state index in [1.54, 1.807) is 0 Å². The minimum atomic E-state index is 0.840. The number of benzene rings is 3. The number of nitrogens with one attached hydrogen (secondary N) is 4. The van der Waals surface area contributed by atoms with Crippen molar-refractivity contribution >= 4 is 22.1 Å². The highest BCUT2D eigenvalue weighted by Gasteiger charge is 2.10. The van der Waals surface area contributed by atoms with Gasteiger partial charge in [0, 0.05) is 50.4 Å². The fraction of sp³-hybridized carbons (Fsp3) is 0.333. The smallest absolute Gasteiger partial charge is 0.138 e. The first-order valence-electron chi connectivity index (χ1n) is 13.2. The molecule has 8 heteroatoms. The average molecular weight is 511 g/mol. The molecule has 0 unspecified atom stereocenters. The highest BCUT2D eigenvalue weighted by molar-refractivity contribution is 5.82. The standard InChI is InChI=1S/C30H38N8/c1-37(2)15-13-31-19-21-5-11-25-27(17-21)35-29(33-25)23-7-9-24(10-8-23)30-34-26-12-6-22(18-28(26)36-30)20-32-14-16-38(3)4/h5-12,17-18,31-32H,13-16,19-20H2,1-4H3,(H,33,35)(H,34,36). The van der Waals surface area contributed by atoms with Gasteiger partial charge in [0.15, 0.2) is 0 Å². The van der Waals surface area contributed by atoms with Crippen LogP contribution in [0.15, 0.2) is 60.7 Å². The van der Waals surface area contributed by atoms with Crippen LogP contribution in [0, 0.1) is 0 Å². The highest BCUT2D eigenvalue weighted by atomic mass is 15.1. The third kappa shape index (κ3) is 6.46. The van der Waals surface area contributed by atoms with Gasteiger partial charge in [-0.25, -0.2) is 9.97 Å². The summed E-state index contributed by atoms with van der Waals surface area (Å²) in [5.74, 6) is 1.75. The van der Waals surface area contributed by atoms with Crippen LogP contribution in [0.3, 0.4) is 0 Å². The molecule has 0 radical (unpaired) electrons. The van der Waals surface area contributed by atoms with E-state index < -0.39 is 0 Å². The number of fused-ring (bicyclic) bond motifs is 2. The molecular weight excluding hydrogens is 472 g/mol. The molecule has 0 spiro atoms. The van der Waals surface area contributed by atoms with Crippen LogP contribution in [-0.4, -0.2) is 84.1 Å². The Hall–Kier alpha value is -3.56. The van der Waals surface area contributed by atoms with Crippen LogP contribution in [0.2, 0.25) is 0 Å². The molecule has 0 bridgehead atoms. The van der Waals surface area contributed by atoms with Crippen molar-refractivity contribution in [2.75, 3.05) is 54.4 Å². The van der Waals surface area contributed by atoms with Gasteiger partial charge in [-0.05, 0) is 63.6 Å². The zero-order valence-corrected chi connectivity index (χ0v) is 22.8. The Labute approximate surface area is 224 Å². The summed E-state index contributed by atoms with van der Waals surface area (Å²) in [4.78, 5) is 21.0. The second kappa shape index (κ2) is 11.9. The van der Waals surface area contributed by atoms with Crippen LogP contribution < -0.4 is 10.6 Å². The Morgan fingerprint density at radius 2 is 1.03 bits per heavy atom. The van der Waals surface area contributed by atoms with Gasteiger partial charge < -0.3 is 30.4 Å². The third-order valence-corrected chi connectivity index (χ3v) is 6.66. The second-order valence-corrected chi connectivity index (χ2v) is 10.4. The van der Waals surface area contributed by atoms with Gasteiger partial charge in [-0.15, -0.1) is 0 Å². The van der Waals surface area contributed by atoms with Gasteiger partial charge in [-0.2, -0.15) is 0 Å². The van der Waals surface area contributed by atoms with Crippen molar-refractivity contribution in [3.05, 3.63) is 71.8 Å². The number of aromatic amines is 2. The maximum atomic E-state index is 4.86. The van der Waals surface area contributed by atoms with Gasteiger partial charge in [-0.1, -0.05) is 36.4 Å². The molecule has 0 saturated carbocycles. The van der Waals surface area contributed by atoms with E-state index >= 15 is 0 Å². The van der Waals surface area contributed by atoms with Gasteiger partial charge in [0.05, 0.1) is 22.1 Å². The van der Waals surface area contributed by atoms with Crippen LogP contribution in [0.1, 0.15) is 11.1 Å². The summed E-state index contributed by atoms with van der Waals surface area (Å²) >= 11 is 0. The number of hydrogen-bond acceptors (Lipinski definition) is 6. The lowest BCUT2D eigenvalue weighted by Crippen LogP contribution is -2.26. The van der Waals surface area contributed by atoms with E-state index in [4.69, 9.17) is 9.97 Å². The molecule has 0 amide bonds. The Morgan fingerprint density at radius 1 is 0.605 bits per heavy atom. The Kier molecular flexibility index (Phi) is 8.14. The van der Waals surface area contributed by atoms with Crippen molar-refractivity contribution in [2.45, 2.75) is 13.1 Å². The molecule has 2 heterocycles. The Balaban J connectivity index is 1.26. The molecule has 5 aromatic rings. The minimum absolute atomic E-state index is 0.840. The summed E-state index contributed by atoms with van der Waals surface area (Å²) in [5, 5.41) is 6.98. The summed E-state index contributed by atoms with van der Waals surface area (Å²) in [7, 11) is 8.35. The van der Waals surface area contributed by atoms with Crippen LogP contribution in [0.5, 0.6) is 0 Å². The molecule has 0 atom stereocenters. The topological polar surface area (TPSA) is 87.9 Å². The van der Waals surface area contributed by atoms with E-state index in [0.29, 0.717) is 0 Å².